The first kappa shape index (κ1) is 16.1. The maximum atomic E-state index is 12.6. The number of fused-ring (bicyclic) bond motifs is 1. The van der Waals surface area contributed by atoms with Crippen molar-refractivity contribution in [1.29, 1.82) is 0 Å². The van der Waals surface area contributed by atoms with Gasteiger partial charge in [-0.1, -0.05) is 23.8 Å². The highest BCUT2D eigenvalue weighted by Gasteiger charge is 2.36. The highest BCUT2D eigenvalue weighted by molar-refractivity contribution is 7.92. The second-order valence-corrected chi connectivity index (χ2v) is 8.46. The van der Waals surface area contributed by atoms with Gasteiger partial charge in [-0.25, -0.2) is 8.42 Å². The number of carbonyl (C=O) groups excluding carboxylic acids is 1. The first-order valence-corrected chi connectivity index (χ1v) is 9.96. The molecule has 1 saturated carbocycles. The van der Waals surface area contributed by atoms with E-state index in [1.807, 2.05) is 13.0 Å². The van der Waals surface area contributed by atoms with Crippen LogP contribution in [0.2, 0.25) is 0 Å². The fraction of sp³-hybridized carbons (Fsp3) is 0.316. The molecule has 0 unspecified atom stereocenters. The van der Waals surface area contributed by atoms with Crippen LogP contribution in [0.5, 0.6) is 0 Å². The summed E-state index contributed by atoms with van der Waals surface area (Å²) in [7, 11) is -3.64. The molecule has 0 aromatic heterocycles. The van der Waals surface area contributed by atoms with Gasteiger partial charge in [-0.05, 0) is 56.0 Å². The molecule has 0 bridgehead atoms. The number of rotatable bonds is 4. The molecule has 0 radical (unpaired) electrons. The van der Waals surface area contributed by atoms with Crippen molar-refractivity contribution in [2.75, 3.05) is 16.2 Å². The quantitative estimate of drug-likeness (QED) is 0.915. The third kappa shape index (κ3) is 3.14. The third-order valence-electron chi connectivity index (χ3n) is 4.76. The Morgan fingerprint density at radius 1 is 1.12 bits per heavy atom. The summed E-state index contributed by atoms with van der Waals surface area (Å²) in [5.41, 5.74) is 3.41. The molecular weight excluding hydrogens is 336 g/mol. The van der Waals surface area contributed by atoms with Crippen LogP contribution in [-0.4, -0.2) is 20.9 Å². The lowest BCUT2D eigenvalue weighted by Gasteiger charge is -2.18. The molecule has 1 heterocycles. The lowest BCUT2D eigenvalue weighted by Crippen LogP contribution is -2.30. The summed E-state index contributed by atoms with van der Waals surface area (Å²) >= 11 is 0. The summed E-state index contributed by atoms with van der Waals surface area (Å²) in [5, 5.41) is 0. The van der Waals surface area contributed by atoms with Gasteiger partial charge in [0.1, 0.15) is 0 Å². The first-order valence-electron chi connectivity index (χ1n) is 8.48. The van der Waals surface area contributed by atoms with Gasteiger partial charge in [0.05, 0.1) is 10.6 Å². The SMILES string of the molecule is Cc1ccc(S(=O)(=O)Nc2ccc3c(c2)N(C(=O)C2CC2)CC3)cc1. The van der Waals surface area contributed by atoms with E-state index in [1.165, 1.54) is 0 Å². The molecule has 6 heteroatoms. The number of benzene rings is 2. The highest BCUT2D eigenvalue weighted by atomic mass is 32.2. The molecule has 1 fully saturated rings. The molecule has 5 nitrogen and oxygen atoms in total. The lowest BCUT2D eigenvalue weighted by atomic mass is 10.1. The lowest BCUT2D eigenvalue weighted by molar-refractivity contribution is -0.119. The van der Waals surface area contributed by atoms with Crippen LogP contribution in [0.15, 0.2) is 47.4 Å². The summed E-state index contributed by atoms with van der Waals surface area (Å²) < 4.78 is 27.7. The zero-order valence-corrected chi connectivity index (χ0v) is 14.8. The Bertz CT molecular complexity index is 932. The number of carbonyl (C=O) groups is 1. The Morgan fingerprint density at radius 2 is 1.84 bits per heavy atom. The van der Waals surface area contributed by atoms with Gasteiger partial charge in [-0.2, -0.15) is 0 Å². The number of sulfonamides is 1. The molecule has 1 aliphatic heterocycles. The average molecular weight is 356 g/mol. The molecule has 1 aliphatic carbocycles. The first-order chi connectivity index (χ1) is 11.9. The van der Waals surface area contributed by atoms with Crippen LogP contribution in [0.1, 0.15) is 24.0 Å². The summed E-state index contributed by atoms with van der Waals surface area (Å²) in [6.07, 6.45) is 2.74. The second kappa shape index (κ2) is 5.88. The van der Waals surface area contributed by atoms with Gasteiger partial charge < -0.3 is 4.90 Å². The van der Waals surface area contributed by atoms with Crippen LogP contribution in [0.3, 0.4) is 0 Å². The number of aryl methyl sites for hydroxylation is 1. The molecule has 2 aromatic rings. The van der Waals surface area contributed by atoms with E-state index < -0.39 is 10.0 Å². The fourth-order valence-electron chi connectivity index (χ4n) is 3.15. The van der Waals surface area contributed by atoms with Crippen molar-refractivity contribution in [2.24, 2.45) is 5.92 Å². The number of hydrogen-bond acceptors (Lipinski definition) is 3. The standard InChI is InChI=1S/C19H20N2O3S/c1-13-2-8-17(9-3-13)25(23,24)20-16-7-6-14-10-11-21(18(14)12-16)19(22)15-4-5-15/h2-3,6-9,12,15,20H,4-5,10-11H2,1H3. The smallest absolute Gasteiger partial charge is 0.261 e. The van der Waals surface area contributed by atoms with E-state index in [1.54, 1.807) is 41.3 Å². The topological polar surface area (TPSA) is 66.5 Å². The van der Waals surface area contributed by atoms with E-state index in [4.69, 9.17) is 0 Å². The average Bonchev–Trinajstić information content (AvgIpc) is 3.34. The molecule has 0 atom stereocenters. The normalized spacial score (nSPS) is 16.6. The van der Waals surface area contributed by atoms with E-state index in [2.05, 4.69) is 4.72 Å². The van der Waals surface area contributed by atoms with E-state index >= 15 is 0 Å². The zero-order chi connectivity index (χ0) is 17.6. The van der Waals surface area contributed by atoms with E-state index in [9.17, 15) is 13.2 Å². The maximum absolute atomic E-state index is 12.6. The summed E-state index contributed by atoms with van der Waals surface area (Å²) in [6.45, 7) is 2.59. The Hall–Kier alpha value is -2.34. The van der Waals surface area contributed by atoms with Gasteiger partial charge in [0.15, 0.2) is 0 Å². The van der Waals surface area contributed by atoms with Crippen LogP contribution in [0.4, 0.5) is 11.4 Å². The molecule has 0 spiro atoms. The molecule has 25 heavy (non-hydrogen) atoms. The molecule has 1 amide bonds. The predicted octanol–water partition coefficient (Wildman–Crippen LogP) is 3.09. The van der Waals surface area contributed by atoms with Gasteiger partial charge in [0.2, 0.25) is 5.91 Å². The van der Waals surface area contributed by atoms with E-state index in [0.29, 0.717) is 12.2 Å². The van der Waals surface area contributed by atoms with Crippen molar-refractivity contribution in [3.63, 3.8) is 0 Å². The van der Waals surface area contributed by atoms with Crippen molar-refractivity contribution in [1.82, 2.24) is 0 Å². The number of amides is 1. The molecule has 130 valence electrons. The van der Waals surface area contributed by atoms with Crippen molar-refractivity contribution >= 4 is 27.3 Å². The molecule has 2 aromatic carbocycles. The number of nitrogens with one attached hydrogen (secondary N) is 1. The van der Waals surface area contributed by atoms with Crippen molar-refractivity contribution < 1.29 is 13.2 Å². The minimum absolute atomic E-state index is 0.152. The fourth-order valence-corrected chi connectivity index (χ4v) is 4.20. The van der Waals surface area contributed by atoms with Crippen molar-refractivity contribution in [3.05, 3.63) is 53.6 Å². The van der Waals surface area contributed by atoms with Gasteiger partial charge in [-0.3, -0.25) is 9.52 Å². The molecular formula is C19H20N2O3S. The van der Waals surface area contributed by atoms with Crippen LogP contribution in [-0.2, 0) is 21.2 Å². The van der Waals surface area contributed by atoms with Gasteiger partial charge in [0.25, 0.3) is 10.0 Å². The molecule has 1 N–H and O–H groups in total. The van der Waals surface area contributed by atoms with Crippen molar-refractivity contribution in [3.8, 4) is 0 Å². The number of anilines is 2. The van der Waals surface area contributed by atoms with Crippen LogP contribution in [0, 0.1) is 12.8 Å². The Labute approximate surface area is 147 Å². The third-order valence-corrected chi connectivity index (χ3v) is 6.15. The van der Waals surface area contributed by atoms with Gasteiger partial charge in [0, 0.05) is 18.2 Å². The van der Waals surface area contributed by atoms with Gasteiger partial charge in [-0.15, -0.1) is 0 Å². The largest absolute Gasteiger partial charge is 0.312 e. The summed E-state index contributed by atoms with van der Waals surface area (Å²) in [5.74, 6) is 0.316. The van der Waals surface area contributed by atoms with Crippen LogP contribution in [0.25, 0.3) is 0 Å². The van der Waals surface area contributed by atoms with Gasteiger partial charge >= 0.3 is 0 Å². The van der Waals surface area contributed by atoms with Crippen LogP contribution < -0.4 is 9.62 Å². The maximum Gasteiger partial charge on any atom is 0.261 e. The molecule has 4 rings (SSSR count). The monoisotopic (exact) mass is 356 g/mol. The minimum atomic E-state index is -3.64. The molecule has 2 aliphatic rings. The zero-order valence-electron chi connectivity index (χ0n) is 14.0. The predicted molar refractivity (Wildman–Crippen MR) is 97.2 cm³/mol. The highest BCUT2D eigenvalue weighted by Crippen LogP contribution is 2.37. The Kier molecular flexibility index (Phi) is 3.80. The summed E-state index contributed by atoms with van der Waals surface area (Å²) in [4.78, 5) is 14.4. The minimum Gasteiger partial charge on any atom is -0.312 e. The molecule has 0 saturated heterocycles. The second-order valence-electron chi connectivity index (χ2n) is 6.78. The van der Waals surface area contributed by atoms with Crippen LogP contribution >= 0.6 is 0 Å². The number of nitrogens with zero attached hydrogens (tertiary/aromatic N) is 1. The van der Waals surface area contributed by atoms with E-state index in [-0.39, 0.29) is 16.7 Å². The Balaban J connectivity index is 1.60. The summed E-state index contributed by atoms with van der Waals surface area (Å²) in [6, 6.07) is 12.2. The van der Waals surface area contributed by atoms with Crippen molar-refractivity contribution in [2.45, 2.75) is 31.1 Å². The Morgan fingerprint density at radius 3 is 2.52 bits per heavy atom. The number of hydrogen-bond donors (Lipinski definition) is 1. The van der Waals surface area contributed by atoms with E-state index in [0.717, 1.165) is 36.1 Å².